The summed E-state index contributed by atoms with van der Waals surface area (Å²) in [5, 5.41) is 0. The van der Waals surface area contributed by atoms with Gasteiger partial charge in [0.05, 0.1) is 30.7 Å². The van der Waals surface area contributed by atoms with Crippen LogP contribution in [0.2, 0.25) is 0 Å². The summed E-state index contributed by atoms with van der Waals surface area (Å²) in [6.45, 7) is 3.40. The van der Waals surface area contributed by atoms with E-state index < -0.39 is 0 Å². The van der Waals surface area contributed by atoms with Gasteiger partial charge in [-0.25, -0.2) is 4.98 Å². The molecule has 1 aromatic heterocycles. The van der Waals surface area contributed by atoms with Crippen molar-refractivity contribution in [2.45, 2.75) is 32.4 Å². The number of nitrogens with zero attached hydrogens (tertiary/aromatic N) is 2. The number of para-hydroxylation sites is 2. The third-order valence-corrected chi connectivity index (χ3v) is 4.26. The first kappa shape index (κ1) is 17.3. The molecule has 3 rings (SSSR count). The molecule has 0 saturated carbocycles. The SMILES string of the molecule is CCCC(N)c1nc2ccccc2n1CCOc1ccc(OC)cc1. The number of hydrogen-bond acceptors (Lipinski definition) is 4. The zero-order chi connectivity index (χ0) is 17.6. The fraction of sp³-hybridized carbons (Fsp3) is 0.350. The Morgan fingerprint density at radius 3 is 2.52 bits per heavy atom. The first-order chi connectivity index (χ1) is 12.2. The molecule has 0 amide bonds. The lowest BCUT2D eigenvalue weighted by molar-refractivity contribution is 0.296. The molecular weight excluding hydrogens is 314 g/mol. The maximum atomic E-state index is 6.35. The highest BCUT2D eigenvalue weighted by atomic mass is 16.5. The van der Waals surface area contributed by atoms with Crippen molar-refractivity contribution in [3.8, 4) is 11.5 Å². The first-order valence-corrected chi connectivity index (χ1v) is 8.70. The lowest BCUT2D eigenvalue weighted by atomic mass is 10.2. The summed E-state index contributed by atoms with van der Waals surface area (Å²) in [6.07, 6.45) is 1.95. The molecule has 132 valence electrons. The summed E-state index contributed by atoms with van der Waals surface area (Å²) in [4.78, 5) is 4.75. The molecule has 1 unspecified atom stereocenters. The number of hydrogen-bond donors (Lipinski definition) is 1. The lowest BCUT2D eigenvalue weighted by Crippen LogP contribution is -2.19. The number of imidazole rings is 1. The van der Waals surface area contributed by atoms with Crippen molar-refractivity contribution in [1.82, 2.24) is 9.55 Å². The molecule has 5 heteroatoms. The largest absolute Gasteiger partial charge is 0.497 e. The maximum absolute atomic E-state index is 6.35. The Labute approximate surface area is 148 Å². The van der Waals surface area contributed by atoms with E-state index in [0.717, 1.165) is 41.2 Å². The predicted molar refractivity (Wildman–Crippen MR) is 100 cm³/mol. The predicted octanol–water partition coefficient (Wildman–Crippen LogP) is 3.92. The van der Waals surface area contributed by atoms with Crippen molar-refractivity contribution in [2.75, 3.05) is 13.7 Å². The molecule has 3 aromatic rings. The van der Waals surface area contributed by atoms with Gasteiger partial charge in [-0.3, -0.25) is 0 Å². The normalized spacial score (nSPS) is 12.3. The van der Waals surface area contributed by atoms with Gasteiger partial charge in [0.25, 0.3) is 0 Å². The molecule has 0 fully saturated rings. The number of aromatic nitrogens is 2. The fourth-order valence-electron chi connectivity index (χ4n) is 2.98. The molecule has 25 heavy (non-hydrogen) atoms. The van der Waals surface area contributed by atoms with E-state index in [1.807, 2.05) is 42.5 Å². The summed E-state index contributed by atoms with van der Waals surface area (Å²) in [5.41, 5.74) is 8.43. The minimum absolute atomic E-state index is 0.0570. The molecule has 0 spiro atoms. The Kier molecular flexibility index (Phi) is 5.56. The Balaban J connectivity index is 1.75. The van der Waals surface area contributed by atoms with E-state index >= 15 is 0 Å². The number of nitrogens with two attached hydrogens (primary N) is 1. The smallest absolute Gasteiger partial charge is 0.126 e. The van der Waals surface area contributed by atoms with Crippen LogP contribution in [0.15, 0.2) is 48.5 Å². The van der Waals surface area contributed by atoms with Crippen LogP contribution in [0.25, 0.3) is 11.0 Å². The van der Waals surface area contributed by atoms with Gasteiger partial charge in [0.1, 0.15) is 23.9 Å². The van der Waals surface area contributed by atoms with E-state index in [2.05, 4.69) is 17.6 Å². The Bertz CT molecular complexity index is 811. The van der Waals surface area contributed by atoms with Crippen molar-refractivity contribution in [2.24, 2.45) is 5.73 Å². The fourth-order valence-corrected chi connectivity index (χ4v) is 2.98. The van der Waals surface area contributed by atoms with Gasteiger partial charge in [-0.2, -0.15) is 0 Å². The van der Waals surface area contributed by atoms with Crippen molar-refractivity contribution >= 4 is 11.0 Å². The van der Waals surface area contributed by atoms with Crippen molar-refractivity contribution in [1.29, 1.82) is 0 Å². The van der Waals surface area contributed by atoms with Crippen molar-refractivity contribution in [3.05, 3.63) is 54.4 Å². The zero-order valence-corrected chi connectivity index (χ0v) is 14.8. The van der Waals surface area contributed by atoms with Gasteiger partial charge < -0.3 is 19.8 Å². The highest BCUT2D eigenvalue weighted by Crippen LogP contribution is 2.23. The number of rotatable bonds is 8. The van der Waals surface area contributed by atoms with Crippen LogP contribution in [0.1, 0.15) is 31.6 Å². The van der Waals surface area contributed by atoms with E-state index in [-0.39, 0.29) is 6.04 Å². The molecule has 0 aliphatic rings. The van der Waals surface area contributed by atoms with Gasteiger partial charge in [0, 0.05) is 0 Å². The molecule has 0 aliphatic carbocycles. The Morgan fingerprint density at radius 1 is 1.08 bits per heavy atom. The summed E-state index contributed by atoms with van der Waals surface area (Å²) < 4.78 is 13.2. The number of benzene rings is 2. The van der Waals surface area contributed by atoms with Crippen LogP contribution in [0.4, 0.5) is 0 Å². The van der Waals surface area contributed by atoms with E-state index in [0.29, 0.717) is 13.2 Å². The summed E-state index contributed by atoms with van der Waals surface area (Å²) in [6, 6.07) is 15.7. The highest BCUT2D eigenvalue weighted by molar-refractivity contribution is 5.76. The van der Waals surface area contributed by atoms with Crippen LogP contribution in [-0.2, 0) is 6.54 Å². The Morgan fingerprint density at radius 2 is 1.80 bits per heavy atom. The molecule has 1 atom stereocenters. The zero-order valence-electron chi connectivity index (χ0n) is 14.8. The average molecular weight is 339 g/mol. The van der Waals surface area contributed by atoms with Crippen LogP contribution in [0.5, 0.6) is 11.5 Å². The molecule has 0 aliphatic heterocycles. The van der Waals surface area contributed by atoms with Gasteiger partial charge in [0.2, 0.25) is 0 Å². The van der Waals surface area contributed by atoms with Crippen LogP contribution >= 0.6 is 0 Å². The molecule has 1 heterocycles. The number of fused-ring (bicyclic) bond motifs is 1. The standard InChI is InChI=1S/C20H25N3O2/c1-3-6-17(21)20-22-18-7-4-5-8-19(18)23(20)13-14-25-16-11-9-15(24-2)10-12-16/h4-5,7-12,17H,3,6,13-14,21H2,1-2H3. The molecule has 0 saturated heterocycles. The molecule has 2 aromatic carbocycles. The van der Waals surface area contributed by atoms with E-state index in [1.54, 1.807) is 7.11 Å². The summed E-state index contributed by atoms with van der Waals surface area (Å²) in [7, 11) is 1.65. The molecule has 0 bridgehead atoms. The minimum atomic E-state index is -0.0570. The van der Waals surface area contributed by atoms with E-state index in [1.165, 1.54) is 0 Å². The molecule has 2 N–H and O–H groups in total. The van der Waals surface area contributed by atoms with E-state index in [9.17, 15) is 0 Å². The van der Waals surface area contributed by atoms with Crippen LogP contribution in [-0.4, -0.2) is 23.3 Å². The third-order valence-electron chi connectivity index (χ3n) is 4.26. The number of ether oxygens (including phenoxy) is 2. The van der Waals surface area contributed by atoms with Gasteiger partial charge in [-0.05, 0) is 42.8 Å². The Hall–Kier alpha value is -2.53. The topological polar surface area (TPSA) is 62.3 Å². The monoisotopic (exact) mass is 339 g/mol. The van der Waals surface area contributed by atoms with Crippen LogP contribution in [0.3, 0.4) is 0 Å². The second-order valence-corrected chi connectivity index (χ2v) is 6.03. The average Bonchev–Trinajstić information content (AvgIpc) is 3.01. The third kappa shape index (κ3) is 3.94. The van der Waals surface area contributed by atoms with Crippen molar-refractivity contribution in [3.63, 3.8) is 0 Å². The second kappa shape index (κ2) is 8.03. The van der Waals surface area contributed by atoms with Gasteiger partial charge in [0.15, 0.2) is 0 Å². The van der Waals surface area contributed by atoms with Crippen LogP contribution in [0, 0.1) is 0 Å². The second-order valence-electron chi connectivity index (χ2n) is 6.03. The molecule has 5 nitrogen and oxygen atoms in total. The van der Waals surface area contributed by atoms with Gasteiger partial charge in [-0.1, -0.05) is 25.5 Å². The summed E-state index contributed by atoms with van der Waals surface area (Å²) >= 11 is 0. The van der Waals surface area contributed by atoms with Crippen LogP contribution < -0.4 is 15.2 Å². The highest BCUT2D eigenvalue weighted by Gasteiger charge is 2.16. The summed E-state index contributed by atoms with van der Waals surface area (Å²) in [5.74, 6) is 2.58. The van der Waals surface area contributed by atoms with Gasteiger partial charge in [-0.15, -0.1) is 0 Å². The lowest BCUT2D eigenvalue weighted by Gasteiger charge is -2.15. The quantitative estimate of drug-likeness (QED) is 0.675. The minimum Gasteiger partial charge on any atom is -0.497 e. The maximum Gasteiger partial charge on any atom is 0.126 e. The van der Waals surface area contributed by atoms with Gasteiger partial charge >= 0.3 is 0 Å². The molecule has 0 radical (unpaired) electrons. The van der Waals surface area contributed by atoms with E-state index in [4.69, 9.17) is 20.2 Å². The van der Waals surface area contributed by atoms with Crippen molar-refractivity contribution < 1.29 is 9.47 Å². The molecular formula is C20H25N3O2. The first-order valence-electron chi connectivity index (χ1n) is 8.70. The number of methoxy groups -OCH3 is 1.